The molecule has 1 heterocycles. The minimum absolute atomic E-state index is 0.302. The molecule has 1 aliphatic heterocycles. The number of rotatable bonds is 4. The van der Waals surface area contributed by atoms with Crippen molar-refractivity contribution in [3.63, 3.8) is 0 Å². The summed E-state index contributed by atoms with van der Waals surface area (Å²) in [6, 6.07) is 11.5. The van der Waals surface area contributed by atoms with Crippen LogP contribution in [0.15, 0.2) is 41.4 Å². The number of methoxy groups -OCH3 is 2. The molecular weight excluding hydrogens is 278 g/mol. The van der Waals surface area contributed by atoms with E-state index in [0.29, 0.717) is 23.7 Å². The second kappa shape index (κ2) is 6.10. The zero-order chi connectivity index (χ0) is 15.5. The normalized spacial score (nSPS) is 13.3. The van der Waals surface area contributed by atoms with Crippen LogP contribution in [-0.4, -0.2) is 31.6 Å². The second-order valence-corrected chi connectivity index (χ2v) is 5.26. The summed E-state index contributed by atoms with van der Waals surface area (Å²) in [5.74, 6) is 1.71. The van der Waals surface area contributed by atoms with Crippen molar-refractivity contribution in [3.8, 4) is 17.2 Å². The molecule has 0 amide bonds. The Hall–Kier alpha value is -2.49. The largest absolute Gasteiger partial charge is 0.507 e. The monoisotopic (exact) mass is 297 g/mol. The first-order chi connectivity index (χ1) is 10.7. The molecule has 22 heavy (non-hydrogen) atoms. The van der Waals surface area contributed by atoms with E-state index in [1.807, 2.05) is 24.3 Å². The Labute approximate surface area is 130 Å². The topological polar surface area (TPSA) is 51.0 Å². The predicted octanol–water partition coefficient (Wildman–Crippen LogP) is 3.00. The van der Waals surface area contributed by atoms with Gasteiger partial charge in [-0.05, 0) is 35.7 Å². The highest BCUT2D eigenvalue weighted by Crippen LogP contribution is 2.30. The van der Waals surface area contributed by atoms with Crippen LogP contribution >= 0.6 is 0 Å². The van der Waals surface area contributed by atoms with Crippen molar-refractivity contribution in [1.29, 1.82) is 0 Å². The van der Waals surface area contributed by atoms with Gasteiger partial charge in [-0.1, -0.05) is 18.2 Å². The Morgan fingerprint density at radius 3 is 2.68 bits per heavy atom. The lowest BCUT2D eigenvalue weighted by Gasteiger charge is -2.18. The first-order valence-electron chi connectivity index (χ1n) is 7.28. The van der Waals surface area contributed by atoms with Crippen LogP contribution in [0.25, 0.3) is 0 Å². The fraction of sp³-hybridized carbons (Fsp3) is 0.278. The summed E-state index contributed by atoms with van der Waals surface area (Å²) in [5.41, 5.74) is 4.04. The number of hydrogen-bond donors (Lipinski definition) is 1. The molecule has 0 radical (unpaired) electrons. The highest BCUT2D eigenvalue weighted by Gasteiger charge is 2.18. The minimum atomic E-state index is 0.302. The number of phenolic OH excluding ortho intramolecular Hbond substituents is 1. The lowest BCUT2D eigenvalue weighted by Crippen LogP contribution is -2.15. The van der Waals surface area contributed by atoms with E-state index < -0.39 is 0 Å². The van der Waals surface area contributed by atoms with E-state index in [0.717, 1.165) is 35.4 Å². The van der Waals surface area contributed by atoms with E-state index in [4.69, 9.17) is 9.47 Å². The zero-order valence-corrected chi connectivity index (χ0v) is 12.8. The van der Waals surface area contributed by atoms with Crippen molar-refractivity contribution in [2.24, 2.45) is 4.99 Å². The third kappa shape index (κ3) is 2.64. The number of phenols is 1. The maximum atomic E-state index is 10.2. The van der Waals surface area contributed by atoms with Gasteiger partial charge < -0.3 is 14.6 Å². The predicted molar refractivity (Wildman–Crippen MR) is 86.5 cm³/mol. The van der Waals surface area contributed by atoms with Crippen molar-refractivity contribution < 1.29 is 14.6 Å². The van der Waals surface area contributed by atoms with Crippen LogP contribution in [0.4, 0.5) is 0 Å². The Balaban J connectivity index is 1.93. The molecule has 3 rings (SSSR count). The molecule has 0 bridgehead atoms. The van der Waals surface area contributed by atoms with Crippen LogP contribution in [0.5, 0.6) is 17.2 Å². The van der Waals surface area contributed by atoms with E-state index in [9.17, 15) is 5.11 Å². The summed E-state index contributed by atoms with van der Waals surface area (Å²) in [6.07, 6.45) is 1.53. The average Bonchev–Trinajstić information content (AvgIpc) is 2.55. The molecule has 2 aromatic rings. The van der Waals surface area contributed by atoms with Crippen LogP contribution in [0.2, 0.25) is 0 Å². The quantitative estimate of drug-likeness (QED) is 0.944. The van der Waals surface area contributed by atoms with Crippen molar-refractivity contribution in [2.45, 2.75) is 12.8 Å². The Morgan fingerprint density at radius 2 is 1.91 bits per heavy atom. The molecule has 114 valence electrons. The Bertz CT molecular complexity index is 722. The zero-order valence-electron chi connectivity index (χ0n) is 12.8. The van der Waals surface area contributed by atoms with Gasteiger partial charge in [-0.3, -0.25) is 4.99 Å². The van der Waals surface area contributed by atoms with Gasteiger partial charge in [0.2, 0.25) is 0 Å². The highest BCUT2D eigenvalue weighted by molar-refractivity contribution is 6.05. The maximum absolute atomic E-state index is 10.2. The van der Waals surface area contributed by atoms with Gasteiger partial charge in [-0.15, -0.1) is 0 Å². The first kappa shape index (κ1) is 14.4. The number of nitrogens with zero attached hydrogens (tertiary/aromatic N) is 1. The van der Waals surface area contributed by atoms with Crippen LogP contribution in [0, 0.1) is 0 Å². The van der Waals surface area contributed by atoms with Gasteiger partial charge in [0.1, 0.15) is 5.75 Å². The minimum Gasteiger partial charge on any atom is -0.507 e. The third-order valence-electron chi connectivity index (χ3n) is 3.92. The molecule has 1 N–H and O–H groups in total. The SMILES string of the molecule is COc1ccc(CC2=NCCc3cccc(O)c32)cc1OC. The molecule has 0 atom stereocenters. The van der Waals surface area contributed by atoms with Gasteiger partial charge in [0.25, 0.3) is 0 Å². The van der Waals surface area contributed by atoms with Gasteiger partial charge in [0.05, 0.1) is 19.9 Å². The van der Waals surface area contributed by atoms with E-state index in [2.05, 4.69) is 11.1 Å². The molecule has 0 fully saturated rings. The number of fused-ring (bicyclic) bond motifs is 1. The molecule has 1 aliphatic rings. The standard InChI is InChI=1S/C18H19NO3/c1-21-16-7-6-12(11-17(16)22-2)10-14-18-13(8-9-19-14)4-3-5-15(18)20/h3-7,11,20H,8-10H2,1-2H3. The van der Waals surface area contributed by atoms with Gasteiger partial charge in [0.15, 0.2) is 11.5 Å². The second-order valence-electron chi connectivity index (χ2n) is 5.26. The summed E-state index contributed by atoms with van der Waals surface area (Å²) in [5, 5.41) is 10.2. The van der Waals surface area contributed by atoms with Crippen LogP contribution in [-0.2, 0) is 12.8 Å². The molecule has 0 aromatic heterocycles. The molecule has 0 spiro atoms. The lowest BCUT2D eigenvalue weighted by molar-refractivity contribution is 0.354. The fourth-order valence-electron chi connectivity index (χ4n) is 2.85. The van der Waals surface area contributed by atoms with E-state index >= 15 is 0 Å². The van der Waals surface area contributed by atoms with Gasteiger partial charge in [-0.2, -0.15) is 0 Å². The summed E-state index contributed by atoms with van der Waals surface area (Å²) >= 11 is 0. The first-order valence-corrected chi connectivity index (χ1v) is 7.28. The van der Waals surface area contributed by atoms with E-state index in [1.165, 1.54) is 0 Å². The third-order valence-corrected chi connectivity index (χ3v) is 3.92. The number of aliphatic imine (C=N–C) groups is 1. The highest BCUT2D eigenvalue weighted by atomic mass is 16.5. The van der Waals surface area contributed by atoms with Crippen LogP contribution in [0.3, 0.4) is 0 Å². The average molecular weight is 297 g/mol. The van der Waals surface area contributed by atoms with Crippen molar-refractivity contribution in [2.75, 3.05) is 20.8 Å². The van der Waals surface area contributed by atoms with Crippen molar-refractivity contribution in [1.82, 2.24) is 0 Å². The molecule has 0 aliphatic carbocycles. The summed E-state index contributed by atoms with van der Waals surface area (Å²) < 4.78 is 10.6. The van der Waals surface area contributed by atoms with Crippen molar-refractivity contribution in [3.05, 3.63) is 53.1 Å². The molecule has 0 saturated heterocycles. The molecule has 2 aromatic carbocycles. The number of hydrogen-bond acceptors (Lipinski definition) is 4. The Morgan fingerprint density at radius 1 is 1.09 bits per heavy atom. The maximum Gasteiger partial charge on any atom is 0.160 e. The van der Waals surface area contributed by atoms with Crippen molar-refractivity contribution >= 4 is 5.71 Å². The number of ether oxygens (including phenoxy) is 2. The van der Waals surface area contributed by atoms with Gasteiger partial charge >= 0.3 is 0 Å². The number of benzene rings is 2. The van der Waals surface area contributed by atoms with E-state index in [1.54, 1.807) is 20.3 Å². The molecule has 4 heteroatoms. The summed E-state index contributed by atoms with van der Waals surface area (Å²) in [4.78, 5) is 4.61. The fourth-order valence-corrected chi connectivity index (χ4v) is 2.85. The van der Waals surface area contributed by atoms with E-state index in [-0.39, 0.29) is 0 Å². The Kier molecular flexibility index (Phi) is 4.00. The smallest absolute Gasteiger partial charge is 0.160 e. The van der Waals surface area contributed by atoms with Gasteiger partial charge in [-0.25, -0.2) is 0 Å². The van der Waals surface area contributed by atoms with Crippen LogP contribution in [0.1, 0.15) is 16.7 Å². The van der Waals surface area contributed by atoms with Gasteiger partial charge in [0, 0.05) is 18.5 Å². The number of aromatic hydroxyl groups is 1. The lowest BCUT2D eigenvalue weighted by atomic mass is 9.93. The summed E-state index contributed by atoms with van der Waals surface area (Å²) in [7, 11) is 3.25. The molecular formula is C18H19NO3. The molecule has 0 saturated carbocycles. The summed E-state index contributed by atoms with van der Waals surface area (Å²) in [6.45, 7) is 0.763. The molecule has 4 nitrogen and oxygen atoms in total. The van der Waals surface area contributed by atoms with Crippen LogP contribution < -0.4 is 9.47 Å². The molecule has 0 unspecified atom stereocenters.